The first-order valence-corrected chi connectivity index (χ1v) is 5.89. The van der Waals surface area contributed by atoms with Crippen molar-refractivity contribution in [2.45, 2.75) is 45.8 Å². The van der Waals surface area contributed by atoms with Gasteiger partial charge in [-0.1, -0.05) is 13.8 Å². The van der Waals surface area contributed by atoms with E-state index in [1.807, 2.05) is 0 Å². The van der Waals surface area contributed by atoms with E-state index >= 15 is 0 Å². The topological polar surface area (TPSA) is 55.5 Å². The van der Waals surface area contributed by atoms with Gasteiger partial charge in [-0.15, -0.1) is 0 Å². The molecule has 90 valence electrons. The first-order chi connectivity index (χ1) is 7.67. The molecule has 2 unspecified atom stereocenters. The normalized spacial score (nSPS) is 30.3. The van der Waals surface area contributed by atoms with Crippen molar-refractivity contribution in [3.63, 3.8) is 0 Å². The Morgan fingerprint density at radius 3 is 2.62 bits per heavy atom. The van der Waals surface area contributed by atoms with E-state index < -0.39 is 0 Å². The molecule has 0 bridgehead atoms. The zero-order chi connectivity index (χ0) is 11.5. The summed E-state index contributed by atoms with van der Waals surface area (Å²) in [5.74, 6) is 1.39. The monoisotopic (exact) mass is 225 g/mol. The molecule has 2 atom stereocenters. The first kappa shape index (κ1) is 11.5. The maximum atomic E-state index is 8.86. The van der Waals surface area contributed by atoms with Gasteiger partial charge in [0.2, 0.25) is 0 Å². The molecule has 0 amide bonds. The quantitative estimate of drug-likeness (QED) is 0.858. The molecule has 1 saturated carbocycles. The van der Waals surface area contributed by atoms with Gasteiger partial charge >= 0.3 is 6.08 Å². The van der Waals surface area contributed by atoms with Crippen molar-refractivity contribution >= 4 is 0 Å². The van der Waals surface area contributed by atoms with Crippen LogP contribution < -0.4 is 4.74 Å². The molecule has 0 saturated heterocycles. The molecule has 2 rings (SSSR count). The lowest BCUT2D eigenvalue weighted by atomic mass is 9.82. The van der Waals surface area contributed by atoms with Crippen LogP contribution in [0.4, 0.5) is 0 Å². The van der Waals surface area contributed by atoms with Gasteiger partial charge in [0.25, 0.3) is 0 Å². The van der Waals surface area contributed by atoms with E-state index in [4.69, 9.17) is 14.3 Å². The van der Waals surface area contributed by atoms with Crippen LogP contribution in [0.3, 0.4) is 0 Å². The van der Waals surface area contributed by atoms with Gasteiger partial charge in [0, 0.05) is 0 Å². The summed E-state index contributed by atoms with van der Waals surface area (Å²) in [6, 6.07) is 0. The summed E-state index contributed by atoms with van der Waals surface area (Å²) >= 11 is 0. The van der Waals surface area contributed by atoms with E-state index in [1.165, 1.54) is 12.7 Å². The number of aromatic nitrogens is 1. The summed E-state index contributed by atoms with van der Waals surface area (Å²) < 4.78 is 10.8. The summed E-state index contributed by atoms with van der Waals surface area (Å²) in [7, 11) is 0. The second kappa shape index (κ2) is 4.87. The highest BCUT2D eigenvalue weighted by atomic mass is 16.6. The molecule has 0 radical (unpaired) electrons. The van der Waals surface area contributed by atoms with Crippen molar-refractivity contribution in [1.82, 2.24) is 4.98 Å². The Bertz CT molecular complexity index is 327. The highest BCUT2D eigenvalue weighted by Gasteiger charge is 2.26. The average Bonchev–Trinajstić information content (AvgIpc) is 2.64. The molecule has 1 aromatic heterocycles. The molecule has 0 aromatic carbocycles. The van der Waals surface area contributed by atoms with Gasteiger partial charge in [-0.2, -0.15) is 4.98 Å². The molecule has 1 aliphatic carbocycles. The summed E-state index contributed by atoms with van der Waals surface area (Å²) in [6.07, 6.45) is 5.31. The van der Waals surface area contributed by atoms with Crippen LogP contribution >= 0.6 is 0 Å². The van der Waals surface area contributed by atoms with Crippen molar-refractivity contribution < 1.29 is 14.3 Å². The molecule has 4 nitrogen and oxygen atoms in total. The largest absolute Gasteiger partial charge is 0.447 e. The standard InChI is InChI=1S/C12H19NO3/c1-8-3-9(2)5-11(4-8)16-12-13-10(6-14)7-15-12/h7-9,11,14H,3-6H2,1-2H3. The van der Waals surface area contributed by atoms with Gasteiger partial charge in [-0.05, 0) is 31.1 Å². The molecule has 0 aliphatic heterocycles. The predicted molar refractivity (Wildman–Crippen MR) is 59.0 cm³/mol. The predicted octanol–water partition coefficient (Wildman–Crippen LogP) is 2.37. The lowest BCUT2D eigenvalue weighted by Gasteiger charge is -2.30. The molecule has 1 heterocycles. The molecular weight excluding hydrogens is 206 g/mol. The second-order valence-corrected chi connectivity index (χ2v) is 4.92. The molecule has 1 fully saturated rings. The average molecular weight is 225 g/mol. The zero-order valence-electron chi connectivity index (χ0n) is 9.85. The molecule has 4 heteroatoms. The number of rotatable bonds is 3. The van der Waals surface area contributed by atoms with Crippen LogP contribution in [0.15, 0.2) is 10.7 Å². The Morgan fingerprint density at radius 2 is 2.06 bits per heavy atom. The van der Waals surface area contributed by atoms with Gasteiger partial charge in [0.15, 0.2) is 0 Å². The minimum atomic E-state index is -0.107. The van der Waals surface area contributed by atoms with Crippen LogP contribution in [-0.4, -0.2) is 16.2 Å². The lowest BCUT2D eigenvalue weighted by Crippen LogP contribution is -2.28. The SMILES string of the molecule is CC1CC(C)CC(Oc2nc(CO)co2)C1. The number of hydrogen-bond acceptors (Lipinski definition) is 4. The van der Waals surface area contributed by atoms with Crippen LogP contribution in [-0.2, 0) is 6.61 Å². The third-order valence-electron chi connectivity index (χ3n) is 3.10. The molecule has 1 aliphatic rings. The molecule has 1 N–H and O–H groups in total. The zero-order valence-corrected chi connectivity index (χ0v) is 9.85. The summed E-state index contributed by atoms with van der Waals surface area (Å²) in [6.45, 7) is 4.39. The Kier molecular flexibility index (Phi) is 3.49. The number of aliphatic hydroxyl groups is 1. The second-order valence-electron chi connectivity index (χ2n) is 4.92. The third kappa shape index (κ3) is 2.76. The van der Waals surface area contributed by atoms with Crippen molar-refractivity contribution in [2.24, 2.45) is 11.8 Å². The van der Waals surface area contributed by atoms with Crippen LogP contribution in [0.2, 0.25) is 0 Å². The summed E-state index contributed by atoms with van der Waals surface area (Å²) in [5, 5.41) is 8.86. The number of hydrogen-bond donors (Lipinski definition) is 1. The molecular formula is C12H19NO3. The fraction of sp³-hybridized carbons (Fsp3) is 0.750. The van der Waals surface area contributed by atoms with Gasteiger partial charge in [-0.25, -0.2) is 0 Å². The maximum Gasteiger partial charge on any atom is 0.394 e. The Balaban J connectivity index is 1.93. The molecule has 0 spiro atoms. The number of ether oxygens (including phenoxy) is 1. The number of nitrogens with zero attached hydrogens (tertiary/aromatic N) is 1. The fourth-order valence-corrected chi connectivity index (χ4v) is 2.53. The van der Waals surface area contributed by atoms with Crippen molar-refractivity contribution in [3.05, 3.63) is 12.0 Å². The minimum Gasteiger partial charge on any atom is -0.447 e. The third-order valence-corrected chi connectivity index (χ3v) is 3.10. The highest BCUT2D eigenvalue weighted by Crippen LogP contribution is 2.31. The van der Waals surface area contributed by atoms with Crippen molar-refractivity contribution in [2.75, 3.05) is 0 Å². The van der Waals surface area contributed by atoms with E-state index in [0.29, 0.717) is 17.5 Å². The molecule has 1 aromatic rings. The lowest BCUT2D eigenvalue weighted by molar-refractivity contribution is 0.0723. The fourth-order valence-electron chi connectivity index (χ4n) is 2.53. The van der Waals surface area contributed by atoms with E-state index in [1.54, 1.807) is 0 Å². The number of oxazole rings is 1. The van der Waals surface area contributed by atoms with E-state index in [-0.39, 0.29) is 18.8 Å². The van der Waals surface area contributed by atoms with E-state index in [2.05, 4.69) is 18.8 Å². The van der Waals surface area contributed by atoms with Crippen LogP contribution in [0.5, 0.6) is 6.08 Å². The van der Waals surface area contributed by atoms with Crippen molar-refractivity contribution in [1.29, 1.82) is 0 Å². The minimum absolute atomic E-state index is 0.107. The number of aliphatic hydroxyl groups excluding tert-OH is 1. The first-order valence-electron chi connectivity index (χ1n) is 5.89. The smallest absolute Gasteiger partial charge is 0.394 e. The van der Waals surface area contributed by atoms with Crippen molar-refractivity contribution in [3.8, 4) is 6.08 Å². The summed E-state index contributed by atoms with van der Waals surface area (Å²) in [4.78, 5) is 4.03. The van der Waals surface area contributed by atoms with Gasteiger partial charge < -0.3 is 14.3 Å². The molecule has 16 heavy (non-hydrogen) atoms. The Labute approximate surface area is 95.6 Å². The Morgan fingerprint density at radius 1 is 1.38 bits per heavy atom. The highest BCUT2D eigenvalue weighted by molar-refractivity contribution is 4.98. The maximum absolute atomic E-state index is 8.86. The van der Waals surface area contributed by atoms with E-state index in [0.717, 1.165) is 12.8 Å². The Hall–Kier alpha value is -1.03. The van der Waals surface area contributed by atoms with Gasteiger partial charge in [0.05, 0.1) is 6.61 Å². The van der Waals surface area contributed by atoms with Gasteiger partial charge in [0.1, 0.15) is 18.1 Å². The van der Waals surface area contributed by atoms with Crippen LogP contribution in [0.1, 0.15) is 38.8 Å². The summed E-state index contributed by atoms with van der Waals surface area (Å²) in [5.41, 5.74) is 0.520. The van der Waals surface area contributed by atoms with Gasteiger partial charge in [-0.3, -0.25) is 0 Å². The van der Waals surface area contributed by atoms with Crippen LogP contribution in [0.25, 0.3) is 0 Å². The van der Waals surface area contributed by atoms with Crippen LogP contribution in [0, 0.1) is 11.8 Å². The van der Waals surface area contributed by atoms with E-state index in [9.17, 15) is 0 Å².